The van der Waals surface area contributed by atoms with Gasteiger partial charge < -0.3 is 15.4 Å². The smallest absolute Gasteiger partial charge is 0.268 e. The molecular formula is C16H15ClN2O2. The molecule has 21 heavy (non-hydrogen) atoms. The van der Waals surface area contributed by atoms with Gasteiger partial charge >= 0.3 is 0 Å². The number of halogens is 1. The minimum absolute atomic E-state index is 0.0897. The lowest BCUT2D eigenvalue weighted by molar-refractivity contribution is -0.125. The third-order valence-electron chi connectivity index (χ3n) is 3.53. The van der Waals surface area contributed by atoms with Crippen LogP contribution >= 0.6 is 11.6 Å². The third kappa shape index (κ3) is 2.67. The fourth-order valence-corrected chi connectivity index (χ4v) is 2.65. The summed E-state index contributed by atoms with van der Waals surface area (Å²) in [5, 5.41) is 0.650. The predicted octanol–water partition coefficient (Wildman–Crippen LogP) is 2.89. The number of nitrogens with two attached hydrogens (primary N) is 1. The normalized spacial score (nSPS) is 17.3. The molecule has 2 aromatic carbocycles. The lowest BCUT2D eigenvalue weighted by Crippen LogP contribution is -2.44. The highest BCUT2D eigenvalue weighted by molar-refractivity contribution is 6.30. The Labute approximate surface area is 128 Å². The van der Waals surface area contributed by atoms with Crippen LogP contribution in [0.25, 0.3) is 0 Å². The molecule has 0 bridgehead atoms. The molecule has 5 heteroatoms. The van der Waals surface area contributed by atoms with Crippen molar-refractivity contribution in [1.82, 2.24) is 0 Å². The molecule has 3 rings (SSSR count). The second kappa shape index (κ2) is 5.30. The van der Waals surface area contributed by atoms with Gasteiger partial charge in [-0.25, -0.2) is 0 Å². The third-order valence-corrected chi connectivity index (χ3v) is 3.76. The summed E-state index contributed by atoms with van der Waals surface area (Å²) in [6.07, 6.45) is -0.0716. The van der Waals surface area contributed by atoms with Gasteiger partial charge in [-0.1, -0.05) is 23.7 Å². The number of fused-ring (bicyclic) bond motifs is 1. The van der Waals surface area contributed by atoms with Gasteiger partial charge in [-0.2, -0.15) is 0 Å². The van der Waals surface area contributed by atoms with E-state index < -0.39 is 6.10 Å². The van der Waals surface area contributed by atoms with Gasteiger partial charge in [0.15, 0.2) is 6.10 Å². The second-order valence-corrected chi connectivity index (χ2v) is 5.50. The monoisotopic (exact) mass is 302 g/mol. The first kappa shape index (κ1) is 13.8. The number of carbonyl (C=O) groups is 1. The Morgan fingerprint density at radius 1 is 1.29 bits per heavy atom. The number of anilines is 2. The molecule has 0 fully saturated rings. The molecule has 1 aliphatic heterocycles. The predicted molar refractivity (Wildman–Crippen MR) is 83.8 cm³/mol. The van der Waals surface area contributed by atoms with E-state index in [-0.39, 0.29) is 5.91 Å². The van der Waals surface area contributed by atoms with E-state index >= 15 is 0 Å². The topological polar surface area (TPSA) is 55.6 Å². The van der Waals surface area contributed by atoms with E-state index in [1.165, 1.54) is 0 Å². The quantitative estimate of drug-likeness (QED) is 0.868. The maximum Gasteiger partial charge on any atom is 0.268 e. The Balaban J connectivity index is 1.88. The van der Waals surface area contributed by atoms with Crippen LogP contribution in [0.15, 0.2) is 42.5 Å². The molecule has 0 aromatic heterocycles. The van der Waals surface area contributed by atoms with Gasteiger partial charge in [0.2, 0.25) is 0 Å². The minimum atomic E-state index is -0.551. The average molecular weight is 303 g/mol. The van der Waals surface area contributed by atoms with Crippen molar-refractivity contribution < 1.29 is 9.53 Å². The molecule has 1 heterocycles. The molecular weight excluding hydrogens is 288 g/mol. The summed E-state index contributed by atoms with van der Waals surface area (Å²) in [4.78, 5) is 14.0. The highest BCUT2D eigenvalue weighted by Crippen LogP contribution is 2.35. The number of ether oxygens (including phenoxy) is 1. The van der Waals surface area contributed by atoms with Crippen molar-refractivity contribution in [1.29, 1.82) is 0 Å². The summed E-state index contributed by atoms with van der Waals surface area (Å²) in [5.74, 6) is 0.575. The Morgan fingerprint density at radius 3 is 2.86 bits per heavy atom. The minimum Gasteiger partial charge on any atom is -0.478 e. The zero-order valence-electron chi connectivity index (χ0n) is 11.5. The molecule has 1 unspecified atom stereocenters. The van der Waals surface area contributed by atoms with Gasteiger partial charge in [0.25, 0.3) is 5.91 Å². The van der Waals surface area contributed by atoms with Crippen molar-refractivity contribution in [2.75, 3.05) is 17.7 Å². The summed E-state index contributed by atoms with van der Waals surface area (Å²) in [6, 6.07) is 12.7. The van der Waals surface area contributed by atoms with Gasteiger partial charge in [0.05, 0.1) is 5.69 Å². The second-order valence-electron chi connectivity index (χ2n) is 5.06. The summed E-state index contributed by atoms with van der Waals surface area (Å²) >= 11 is 5.98. The molecule has 0 aliphatic carbocycles. The van der Waals surface area contributed by atoms with Crippen molar-refractivity contribution in [2.24, 2.45) is 0 Å². The van der Waals surface area contributed by atoms with E-state index in [1.807, 2.05) is 18.2 Å². The first-order chi connectivity index (χ1) is 10.0. The molecule has 0 spiro atoms. The zero-order chi connectivity index (χ0) is 15.0. The fraction of sp³-hybridized carbons (Fsp3) is 0.188. The van der Waals surface area contributed by atoms with Crippen LogP contribution in [0.3, 0.4) is 0 Å². The molecule has 2 N–H and O–H groups in total. The first-order valence-electron chi connectivity index (χ1n) is 6.63. The fourth-order valence-electron chi connectivity index (χ4n) is 2.44. The summed E-state index contributed by atoms with van der Waals surface area (Å²) in [7, 11) is 1.73. The van der Waals surface area contributed by atoms with Crippen LogP contribution in [0.5, 0.6) is 5.75 Å². The molecule has 108 valence electrons. The van der Waals surface area contributed by atoms with Crippen molar-refractivity contribution in [2.45, 2.75) is 12.5 Å². The van der Waals surface area contributed by atoms with E-state index in [0.717, 1.165) is 5.56 Å². The summed E-state index contributed by atoms with van der Waals surface area (Å²) in [6.45, 7) is 0. The standard InChI is InChI=1S/C16H15ClN2O2/c1-19-13-9-12(18)5-6-14(13)21-15(16(19)20)8-10-3-2-4-11(17)7-10/h2-7,9,15H,8,18H2,1H3. The maximum absolute atomic E-state index is 12.4. The number of hydrogen-bond acceptors (Lipinski definition) is 3. The number of likely N-dealkylation sites (N-methyl/N-ethyl adjacent to an activating group) is 1. The highest BCUT2D eigenvalue weighted by Gasteiger charge is 2.32. The summed E-state index contributed by atoms with van der Waals surface area (Å²) in [5.41, 5.74) is 8.02. The Morgan fingerprint density at radius 2 is 2.10 bits per heavy atom. The van der Waals surface area contributed by atoms with Crippen LogP contribution in [-0.2, 0) is 11.2 Å². The van der Waals surface area contributed by atoms with Crippen molar-refractivity contribution in [3.8, 4) is 5.75 Å². The number of amides is 1. The van der Waals surface area contributed by atoms with Crippen molar-refractivity contribution >= 4 is 28.9 Å². The van der Waals surface area contributed by atoms with Crippen LogP contribution in [-0.4, -0.2) is 19.1 Å². The van der Waals surface area contributed by atoms with E-state index in [2.05, 4.69) is 0 Å². The first-order valence-corrected chi connectivity index (χ1v) is 7.00. The van der Waals surface area contributed by atoms with Gasteiger partial charge in [-0.3, -0.25) is 4.79 Å². The molecule has 1 atom stereocenters. The molecule has 0 radical (unpaired) electrons. The van der Waals surface area contributed by atoms with E-state index in [0.29, 0.717) is 28.6 Å². The number of hydrogen-bond donors (Lipinski definition) is 1. The molecule has 4 nitrogen and oxygen atoms in total. The average Bonchev–Trinajstić information content (AvgIpc) is 2.45. The number of rotatable bonds is 2. The van der Waals surface area contributed by atoms with Crippen LogP contribution in [0.2, 0.25) is 5.02 Å². The molecule has 0 saturated heterocycles. The Bertz CT molecular complexity index is 702. The molecule has 2 aromatic rings. The van der Waals surface area contributed by atoms with E-state index in [9.17, 15) is 4.79 Å². The number of carbonyl (C=O) groups excluding carboxylic acids is 1. The number of benzene rings is 2. The van der Waals surface area contributed by atoms with Gasteiger partial charge in [-0.15, -0.1) is 0 Å². The van der Waals surface area contributed by atoms with Crippen LogP contribution in [0.4, 0.5) is 11.4 Å². The van der Waals surface area contributed by atoms with Crippen molar-refractivity contribution in [3.05, 3.63) is 53.1 Å². The van der Waals surface area contributed by atoms with Crippen LogP contribution in [0.1, 0.15) is 5.56 Å². The molecule has 1 aliphatic rings. The molecule has 0 saturated carbocycles. The SMILES string of the molecule is CN1C(=O)C(Cc2cccc(Cl)c2)Oc2ccc(N)cc21. The van der Waals surface area contributed by atoms with Crippen LogP contribution < -0.4 is 15.4 Å². The zero-order valence-corrected chi connectivity index (χ0v) is 12.3. The number of nitrogen functional groups attached to an aromatic ring is 1. The lowest BCUT2D eigenvalue weighted by Gasteiger charge is -2.32. The van der Waals surface area contributed by atoms with Crippen molar-refractivity contribution in [3.63, 3.8) is 0 Å². The van der Waals surface area contributed by atoms with Crippen LogP contribution in [0, 0.1) is 0 Å². The highest BCUT2D eigenvalue weighted by atomic mass is 35.5. The number of nitrogens with zero attached hydrogens (tertiary/aromatic N) is 1. The van der Waals surface area contributed by atoms with Gasteiger partial charge in [0, 0.05) is 24.2 Å². The Hall–Kier alpha value is -2.20. The van der Waals surface area contributed by atoms with E-state index in [1.54, 1.807) is 36.2 Å². The van der Waals surface area contributed by atoms with E-state index in [4.69, 9.17) is 22.1 Å². The molecule has 1 amide bonds. The van der Waals surface area contributed by atoms with Gasteiger partial charge in [0.1, 0.15) is 5.75 Å². The maximum atomic E-state index is 12.4. The Kier molecular flexibility index (Phi) is 3.47. The lowest BCUT2D eigenvalue weighted by atomic mass is 10.0. The summed E-state index contributed by atoms with van der Waals surface area (Å²) < 4.78 is 5.82. The largest absolute Gasteiger partial charge is 0.478 e. The van der Waals surface area contributed by atoms with Gasteiger partial charge in [-0.05, 0) is 35.9 Å².